The van der Waals surface area contributed by atoms with Crippen molar-refractivity contribution in [3.8, 4) is 0 Å². The van der Waals surface area contributed by atoms with E-state index < -0.39 is 40.7 Å². The molecule has 2 heterocycles. The molecule has 0 radical (unpaired) electrons. The van der Waals surface area contributed by atoms with Crippen molar-refractivity contribution in [1.29, 1.82) is 0 Å². The van der Waals surface area contributed by atoms with Gasteiger partial charge in [-0.3, -0.25) is 0 Å². The monoisotopic (exact) mass is 592 g/mol. The van der Waals surface area contributed by atoms with Crippen molar-refractivity contribution < 1.29 is 33.3 Å². The zero-order valence-corrected chi connectivity index (χ0v) is 26.9. The summed E-state index contributed by atoms with van der Waals surface area (Å²) >= 11 is 0. The number of hydrogen-bond donors (Lipinski definition) is 1. The number of aliphatic hydroxyl groups is 1. The van der Waals surface area contributed by atoms with Crippen molar-refractivity contribution in [3.05, 3.63) is 59.1 Å². The van der Waals surface area contributed by atoms with Gasteiger partial charge in [0.05, 0.1) is 31.3 Å². The van der Waals surface area contributed by atoms with Crippen LogP contribution in [0.5, 0.6) is 0 Å². The summed E-state index contributed by atoms with van der Waals surface area (Å²) in [4.78, 5) is 26.8. The Morgan fingerprint density at radius 2 is 1.72 bits per heavy atom. The second-order valence-corrected chi connectivity index (χ2v) is 14.8. The van der Waals surface area contributed by atoms with E-state index in [0.717, 1.165) is 19.3 Å². The maximum atomic E-state index is 13.6. The summed E-state index contributed by atoms with van der Waals surface area (Å²) in [5.41, 5.74) is 1.76. The van der Waals surface area contributed by atoms with Gasteiger partial charge in [0.15, 0.2) is 0 Å². The molecular formula is C36H48O7. The molecule has 1 saturated heterocycles. The van der Waals surface area contributed by atoms with Crippen LogP contribution in [0.15, 0.2) is 58.0 Å². The third kappa shape index (κ3) is 3.99. The standard InChI is InChI=1S/C36H48O7/c1-9-20(3)31(38)42-27-17-26(37)34(6)19-41-28-29(34)36(27,8)25-13-15-33(5)23(22-14-16-40-18-22)11-12-24(33)35(25,7)30(28)43-32(39)21(4)10-2/h9-10,12,14,16,18,23,25-30,37H,11,13,15,17,19H2,1-8H3. The van der Waals surface area contributed by atoms with E-state index in [1.165, 1.54) is 11.1 Å². The number of fused-ring (bicyclic) bond motifs is 4. The van der Waals surface area contributed by atoms with Crippen LogP contribution in [-0.2, 0) is 23.8 Å². The van der Waals surface area contributed by atoms with E-state index in [1.807, 2.05) is 20.1 Å². The molecule has 11 unspecified atom stereocenters. The van der Waals surface area contributed by atoms with Gasteiger partial charge in [-0.25, -0.2) is 9.59 Å². The Hall–Kier alpha value is -2.64. The Kier molecular flexibility index (Phi) is 7.21. The molecular weight excluding hydrogens is 544 g/mol. The molecule has 0 amide bonds. The molecule has 4 aliphatic carbocycles. The highest BCUT2D eigenvalue weighted by atomic mass is 16.6. The number of hydrogen-bond acceptors (Lipinski definition) is 7. The minimum absolute atomic E-state index is 0.0182. The maximum Gasteiger partial charge on any atom is 0.333 e. The topological polar surface area (TPSA) is 95.2 Å². The normalized spacial score (nSPS) is 45.5. The van der Waals surface area contributed by atoms with Crippen LogP contribution in [0, 0.1) is 33.5 Å². The van der Waals surface area contributed by atoms with E-state index in [2.05, 4.69) is 39.8 Å². The van der Waals surface area contributed by atoms with Crippen LogP contribution in [0.25, 0.3) is 0 Å². The third-order valence-corrected chi connectivity index (χ3v) is 13.0. The molecule has 7 heteroatoms. The van der Waals surface area contributed by atoms with Gasteiger partial charge in [-0.05, 0) is 75.8 Å². The molecule has 5 aliphatic rings. The van der Waals surface area contributed by atoms with Gasteiger partial charge >= 0.3 is 11.9 Å². The second kappa shape index (κ2) is 10.2. The van der Waals surface area contributed by atoms with Gasteiger partial charge < -0.3 is 23.7 Å². The van der Waals surface area contributed by atoms with Gasteiger partial charge in [0.1, 0.15) is 12.2 Å². The number of carbonyl (C=O) groups excluding carboxylic acids is 2. The molecule has 4 fully saturated rings. The van der Waals surface area contributed by atoms with Crippen molar-refractivity contribution in [2.24, 2.45) is 33.5 Å². The predicted molar refractivity (Wildman–Crippen MR) is 162 cm³/mol. The fourth-order valence-corrected chi connectivity index (χ4v) is 10.5. The van der Waals surface area contributed by atoms with Gasteiger partial charge in [0.25, 0.3) is 0 Å². The second-order valence-electron chi connectivity index (χ2n) is 14.8. The first-order valence-corrected chi connectivity index (χ1v) is 16.0. The van der Waals surface area contributed by atoms with Crippen LogP contribution < -0.4 is 0 Å². The Morgan fingerprint density at radius 3 is 2.35 bits per heavy atom. The van der Waals surface area contributed by atoms with E-state index in [9.17, 15) is 14.7 Å². The fraction of sp³-hybridized carbons (Fsp3) is 0.667. The highest BCUT2D eigenvalue weighted by molar-refractivity contribution is 5.88. The summed E-state index contributed by atoms with van der Waals surface area (Å²) < 4.78 is 25.2. The molecule has 1 aromatic rings. The fourth-order valence-electron chi connectivity index (χ4n) is 10.5. The van der Waals surface area contributed by atoms with Crippen LogP contribution in [-0.4, -0.2) is 48.1 Å². The molecule has 11 atom stereocenters. The van der Waals surface area contributed by atoms with Crippen molar-refractivity contribution in [2.45, 2.75) is 111 Å². The molecule has 43 heavy (non-hydrogen) atoms. The van der Waals surface area contributed by atoms with E-state index in [-0.39, 0.29) is 35.1 Å². The Bertz CT molecular complexity index is 1390. The summed E-state index contributed by atoms with van der Waals surface area (Å²) in [5.74, 6) is -0.588. The van der Waals surface area contributed by atoms with Crippen molar-refractivity contribution in [2.75, 3.05) is 6.61 Å². The quantitative estimate of drug-likeness (QED) is 0.232. The first kappa shape index (κ1) is 30.4. The maximum absolute atomic E-state index is 13.6. The van der Waals surface area contributed by atoms with Gasteiger partial charge in [-0.1, -0.05) is 51.5 Å². The predicted octanol–water partition coefficient (Wildman–Crippen LogP) is 6.68. The highest BCUT2D eigenvalue weighted by Gasteiger charge is 2.77. The Morgan fingerprint density at radius 1 is 1.05 bits per heavy atom. The largest absolute Gasteiger partial charge is 0.472 e. The van der Waals surface area contributed by atoms with Crippen LogP contribution in [0.1, 0.15) is 92.6 Å². The van der Waals surface area contributed by atoms with Crippen LogP contribution in [0.3, 0.4) is 0 Å². The Balaban J connectivity index is 1.53. The molecule has 7 nitrogen and oxygen atoms in total. The number of allylic oxidation sites excluding steroid dienone is 3. The van der Waals surface area contributed by atoms with Crippen molar-refractivity contribution >= 4 is 11.9 Å². The number of esters is 2. The lowest BCUT2D eigenvalue weighted by atomic mass is 9.36. The summed E-state index contributed by atoms with van der Waals surface area (Å²) in [5, 5.41) is 11.7. The lowest BCUT2D eigenvalue weighted by molar-refractivity contribution is -0.263. The van der Waals surface area contributed by atoms with Crippen LogP contribution in [0.4, 0.5) is 0 Å². The lowest BCUT2D eigenvalue weighted by Gasteiger charge is -2.69. The summed E-state index contributed by atoms with van der Waals surface area (Å²) in [6, 6.07) is 2.07. The molecule has 0 spiro atoms. The lowest BCUT2D eigenvalue weighted by Crippen LogP contribution is -2.73. The first-order valence-electron chi connectivity index (χ1n) is 16.0. The van der Waals surface area contributed by atoms with E-state index in [0.29, 0.717) is 24.2 Å². The summed E-state index contributed by atoms with van der Waals surface area (Å²) in [6.45, 7) is 16.6. The number of ether oxygens (including phenoxy) is 3. The van der Waals surface area contributed by atoms with Crippen LogP contribution >= 0.6 is 0 Å². The molecule has 234 valence electrons. The third-order valence-electron chi connectivity index (χ3n) is 13.0. The summed E-state index contributed by atoms with van der Waals surface area (Å²) in [6.07, 6.45) is 10.3. The van der Waals surface area contributed by atoms with E-state index >= 15 is 0 Å². The minimum atomic E-state index is -0.720. The summed E-state index contributed by atoms with van der Waals surface area (Å²) in [7, 11) is 0. The molecule has 1 aromatic heterocycles. The van der Waals surface area contributed by atoms with E-state index in [4.69, 9.17) is 18.6 Å². The molecule has 1 N–H and O–H groups in total. The Labute approximate surface area is 255 Å². The molecule has 6 rings (SSSR count). The molecule has 1 aliphatic heterocycles. The van der Waals surface area contributed by atoms with Gasteiger partial charge in [-0.15, -0.1) is 0 Å². The molecule has 3 saturated carbocycles. The number of furan rings is 1. The van der Waals surface area contributed by atoms with E-state index in [1.54, 1.807) is 32.3 Å². The SMILES string of the molecule is CC=C(C)C(=O)OC1C2OCC3(C)C(O)CC(OC(=O)C(C)=CC)C(C)(C23)C2CCC3(C)C(=CCC3c3ccoc3)C12C. The highest BCUT2D eigenvalue weighted by Crippen LogP contribution is 2.75. The van der Waals surface area contributed by atoms with Gasteiger partial charge in [0.2, 0.25) is 0 Å². The minimum Gasteiger partial charge on any atom is -0.472 e. The number of rotatable bonds is 5. The molecule has 0 aromatic carbocycles. The smallest absolute Gasteiger partial charge is 0.333 e. The number of carbonyl (C=O) groups is 2. The molecule has 0 bridgehead atoms. The van der Waals surface area contributed by atoms with Crippen molar-refractivity contribution in [1.82, 2.24) is 0 Å². The average Bonchev–Trinajstić information content (AvgIpc) is 3.71. The zero-order valence-electron chi connectivity index (χ0n) is 26.9. The first-order chi connectivity index (χ1) is 20.3. The average molecular weight is 593 g/mol. The number of aliphatic hydroxyl groups excluding tert-OH is 1. The van der Waals surface area contributed by atoms with Gasteiger partial charge in [0, 0.05) is 39.7 Å². The van der Waals surface area contributed by atoms with Gasteiger partial charge in [-0.2, -0.15) is 0 Å². The zero-order chi connectivity index (χ0) is 31.1. The van der Waals surface area contributed by atoms with Crippen LogP contribution in [0.2, 0.25) is 0 Å². The van der Waals surface area contributed by atoms with Crippen molar-refractivity contribution in [3.63, 3.8) is 0 Å².